The van der Waals surface area contributed by atoms with Gasteiger partial charge in [0.05, 0.1) is 40.3 Å². The largest absolute Gasteiger partial charge is 0.417 e. The summed E-state index contributed by atoms with van der Waals surface area (Å²) in [6.45, 7) is 2.04. The Balaban J connectivity index is 1.76. The molecule has 1 amide bonds. The van der Waals surface area contributed by atoms with Gasteiger partial charge in [-0.05, 0) is 25.1 Å². The molecule has 1 aliphatic heterocycles. The molecule has 0 unspecified atom stereocenters. The third kappa shape index (κ3) is 3.13. The number of amides is 1. The van der Waals surface area contributed by atoms with E-state index >= 15 is 0 Å². The Morgan fingerprint density at radius 3 is 2.72 bits per heavy atom. The number of aromatic nitrogens is 4. The molecule has 0 radical (unpaired) electrons. The summed E-state index contributed by atoms with van der Waals surface area (Å²) in [6.07, 6.45) is -1.68. The van der Waals surface area contributed by atoms with E-state index in [0.29, 0.717) is 11.3 Å². The van der Waals surface area contributed by atoms with Gasteiger partial charge in [-0.25, -0.2) is 4.98 Å². The lowest BCUT2D eigenvalue weighted by atomic mass is 10.1. The number of carbonyl (C=O) groups is 1. The number of alkyl halides is 3. The molecule has 0 fully saturated rings. The van der Waals surface area contributed by atoms with Crippen LogP contribution in [0, 0.1) is 11.3 Å². The van der Waals surface area contributed by atoms with Gasteiger partial charge in [0.1, 0.15) is 11.8 Å². The van der Waals surface area contributed by atoms with Crippen LogP contribution in [-0.4, -0.2) is 32.2 Å². The van der Waals surface area contributed by atoms with Crippen LogP contribution in [0.25, 0.3) is 11.3 Å². The van der Waals surface area contributed by atoms with Crippen LogP contribution in [0.1, 0.15) is 34.8 Å². The Morgan fingerprint density at radius 2 is 2.10 bits per heavy atom. The summed E-state index contributed by atoms with van der Waals surface area (Å²) in [5.41, 5.74) is 0.412. The maximum atomic E-state index is 13.2. The van der Waals surface area contributed by atoms with Crippen LogP contribution in [0.15, 0.2) is 30.6 Å². The monoisotopic (exact) mass is 420 g/mol. The van der Waals surface area contributed by atoms with E-state index in [1.807, 2.05) is 13.0 Å². The Morgan fingerprint density at radius 1 is 1.34 bits per heavy atom. The van der Waals surface area contributed by atoms with E-state index in [4.69, 9.17) is 16.9 Å². The van der Waals surface area contributed by atoms with Crippen LogP contribution in [0.2, 0.25) is 5.02 Å². The number of imidazole rings is 1. The van der Waals surface area contributed by atoms with Crippen molar-refractivity contribution >= 4 is 23.2 Å². The fraction of sp³-hybridized carbons (Fsp3) is 0.222. The number of H-pyrrole nitrogens is 1. The number of halogens is 4. The van der Waals surface area contributed by atoms with Crippen molar-refractivity contribution in [1.82, 2.24) is 19.7 Å². The van der Waals surface area contributed by atoms with Crippen LogP contribution in [-0.2, 0) is 6.18 Å². The summed E-state index contributed by atoms with van der Waals surface area (Å²) in [6, 6.07) is 4.84. The van der Waals surface area contributed by atoms with Gasteiger partial charge < -0.3 is 9.88 Å². The number of nitriles is 1. The molecule has 11 heteroatoms. The minimum Gasteiger partial charge on any atom is -0.329 e. The van der Waals surface area contributed by atoms with E-state index in [1.165, 1.54) is 23.4 Å². The zero-order chi connectivity index (χ0) is 20.9. The maximum Gasteiger partial charge on any atom is 0.417 e. The van der Waals surface area contributed by atoms with Gasteiger partial charge in [-0.3, -0.25) is 9.48 Å². The highest BCUT2D eigenvalue weighted by molar-refractivity contribution is 6.31. The quantitative estimate of drug-likeness (QED) is 0.677. The molecular formula is C18H12ClF3N6O. The number of hydrogen-bond donors (Lipinski definition) is 1. The minimum absolute atomic E-state index is 0.0858. The van der Waals surface area contributed by atoms with Crippen molar-refractivity contribution in [3.8, 4) is 17.3 Å². The summed E-state index contributed by atoms with van der Waals surface area (Å²) >= 11 is 5.82. The summed E-state index contributed by atoms with van der Waals surface area (Å²) in [7, 11) is 0. The zero-order valence-corrected chi connectivity index (χ0v) is 15.6. The third-order valence-electron chi connectivity index (χ3n) is 4.65. The van der Waals surface area contributed by atoms with Crippen molar-refractivity contribution in [2.75, 3.05) is 11.4 Å². The van der Waals surface area contributed by atoms with Crippen LogP contribution < -0.4 is 4.90 Å². The number of nitrogens with zero attached hydrogens (tertiary/aromatic N) is 5. The summed E-state index contributed by atoms with van der Waals surface area (Å²) in [4.78, 5) is 21.2. The summed E-state index contributed by atoms with van der Waals surface area (Å²) in [5, 5.41) is 12.7. The molecule has 0 spiro atoms. The first-order valence-electron chi connectivity index (χ1n) is 8.42. The zero-order valence-electron chi connectivity index (χ0n) is 14.8. The average molecular weight is 421 g/mol. The second kappa shape index (κ2) is 6.63. The van der Waals surface area contributed by atoms with E-state index in [2.05, 4.69) is 15.1 Å². The summed E-state index contributed by atoms with van der Waals surface area (Å²) in [5.74, 6) is -0.359. The number of anilines is 1. The molecular weight excluding hydrogens is 409 g/mol. The molecule has 1 aromatic carbocycles. The lowest BCUT2D eigenvalue weighted by Gasteiger charge is -2.32. The highest BCUT2D eigenvalue weighted by atomic mass is 35.5. The van der Waals surface area contributed by atoms with E-state index in [0.717, 1.165) is 12.1 Å². The molecule has 0 saturated heterocycles. The van der Waals surface area contributed by atoms with Gasteiger partial charge in [0.25, 0.3) is 5.91 Å². The Bertz CT molecular complexity index is 1160. The Labute approximate surface area is 167 Å². The first-order chi connectivity index (χ1) is 13.7. The second-order valence-electron chi connectivity index (χ2n) is 6.54. The normalized spacial score (nSPS) is 16.6. The van der Waals surface area contributed by atoms with Gasteiger partial charge in [-0.1, -0.05) is 11.6 Å². The predicted molar refractivity (Wildman–Crippen MR) is 97.4 cm³/mol. The third-order valence-corrected chi connectivity index (χ3v) is 4.96. The molecule has 7 nitrogen and oxygen atoms in total. The van der Waals surface area contributed by atoms with Crippen LogP contribution in [0.3, 0.4) is 0 Å². The Hall–Kier alpha value is -3.32. The molecule has 0 bridgehead atoms. The molecule has 1 N–H and O–H groups in total. The van der Waals surface area contributed by atoms with Crippen molar-refractivity contribution in [3.05, 3.63) is 52.7 Å². The predicted octanol–water partition coefficient (Wildman–Crippen LogP) is 4.04. The SMILES string of the molecule is C[C@H]1CN(c2ccc(C(F)(F)F)c(Cl)c2)C(=O)c2c(-c3cnc(C#N)[nH]3)cnn21. The maximum absolute atomic E-state index is 13.2. The van der Waals surface area contributed by atoms with Crippen molar-refractivity contribution in [3.63, 3.8) is 0 Å². The second-order valence-corrected chi connectivity index (χ2v) is 6.94. The number of benzene rings is 1. The number of carbonyl (C=O) groups excluding carboxylic acids is 1. The van der Waals surface area contributed by atoms with Gasteiger partial charge in [0.15, 0.2) is 0 Å². The van der Waals surface area contributed by atoms with Crippen molar-refractivity contribution < 1.29 is 18.0 Å². The molecule has 29 heavy (non-hydrogen) atoms. The number of rotatable bonds is 2. The van der Waals surface area contributed by atoms with Crippen molar-refractivity contribution in [2.24, 2.45) is 0 Å². The lowest BCUT2D eigenvalue weighted by molar-refractivity contribution is -0.137. The molecule has 2 aromatic heterocycles. The first kappa shape index (κ1) is 19.0. The standard InChI is InChI=1S/C18H12ClF3N6O/c1-9-8-27(10-2-3-12(13(19)4-10)18(20,21)22)17(29)16-11(6-25-28(9)16)14-7-24-15(5-23)26-14/h2-4,6-7,9H,8H2,1H3,(H,24,26)/t9-/m0/s1. The van der Waals surface area contributed by atoms with Gasteiger partial charge in [0.2, 0.25) is 5.82 Å². The molecule has 1 atom stereocenters. The van der Waals surface area contributed by atoms with Crippen LogP contribution in [0.4, 0.5) is 18.9 Å². The lowest BCUT2D eigenvalue weighted by Crippen LogP contribution is -2.42. The van der Waals surface area contributed by atoms with E-state index in [9.17, 15) is 18.0 Å². The molecule has 3 aromatic rings. The average Bonchev–Trinajstić information content (AvgIpc) is 3.30. The number of fused-ring (bicyclic) bond motifs is 1. The summed E-state index contributed by atoms with van der Waals surface area (Å²) < 4.78 is 40.5. The van der Waals surface area contributed by atoms with Gasteiger partial charge in [-0.15, -0.1) is 0 Å². The van der Waals surface area contributed by atoms with Gasteiger partial charge in [0, 0.05) is 12.2 Å². The fourth-order valence-electron chi connectivity index (χ4n) is 3.30. The molecule has 1 aliphatic rings. The van der Waals surface area contributed by atoms with Crippen molar-refractivity contribution in [1.29, 1.82) is 5.26 Å². The Kier molecular flexibility index (Phi) is 4.35. The molecule has 3 heterocycles. The highest BCUT2D eigenvalue weighted by Gasteiger charge is 2.36. The number of nitrogens with one attached hydrogen (secondary N) is 1. The number of aromatic amines is 1. The minimum atomic E-state index is -4.58. The molecule has 0 saturated carbocycles. The van der Waals surface area contributed by atoms with Gasteiger partial charge >= 0.3 is 6.18 Å². The van der Waals surface area contributed by atoms with Crippen molar-refractivity contribution in [2.45, 2.75) is 19.1 Å². The smallest absolute Gasteiger partial charge is 0.329 e. The molecule has 4 rings (SSSR count). The van der Waals surface area contributed by atoms with E-state index in [-0.39, 0.29) is 29.8 Å². The highest BCUT2D eigenvalue weighted by Crippen LogP contribution is 2.38. The molecule has 0 aliphatic carbocycles. The fourth-order valence-corrected chi connectivity index (χ4v) is 3.58. The van der Waals surface area contributed by atoms with Crippen LogP contribution >= 0.6 is 11.6 Å². The number of hydrogen-bond acceptors (Lipinski definition) is 4. The van der Waals surface area contributed by atoms with E-state index < -0.39 is 22.7 Å². The van der Waals surface area contributed by atoms with Gasteiger partial charge in [-0.2, -0.15) is 23.5 Å². The van der Waals surface area contributed by atoms with E-state index in [1.54, 1.807) is 4.68 Å². The molecule has 148 valence electrons. The van der Waals surface area contributed by atoms with Crippen LogP contribution in [0.5, 0.6) is 0 Å². The first-order valence-corrected chi connectivity index (χ1v) is 8.80. The topological polar surface area (TPSA) is 90.6 Å².